The van der Waals surface area contributed by atoms with Crippen molar-refractivity contribution in [3.05, 3.63) is 28.0 Å². The van der Waals surface area contributed by atoms with E-state index in [2.05, 4.69) is 15.9 Å². The first-order valence-corrected chi connectivity index (χ1v) is 3.57. The van der Waals surface area contributed by atoms with E-state index in [1.165, 1.54) is 6.07 Å². The Labute approximate surface area is 70.8 Å². The van der Waals surface area contributed by atoms with Gasteiger partial charge in [-0.2, -0.15) is 0 Å². The van der Waals surface area contributed by atoms with Crippen LogP contribution < -0.4 is 0 Å². The molecule has 0 amide bonds. The van der Waals surface area contributed by atoms with E-state index in [1.807, 2.05) is 0 Å². The Balaban J connectivity index is 3.35. The molecule has 1 N–H and O–H groups in total. The van der Waals surface area contributed by atoms with Crippen LogP contribution in [0.3, 0.4) is 0 Å². The van der Waals surface area contributed by atoms with Gasteiger partial charge in [-0.05, 0) is 12.1 Å². The van der Waals surface area contributed by atoms with E-state index in [0.717, 1.165) is 6.07 Å². The molecule has 1 rings (SSSR count). The highest BCUT2D eigenvalue weighted by molar-refractivity contribution is 9.10. The zero-order valence-electron chi connectivity index (χ0n) is 5.34. The van der Waals surface area contributed by atoms with Gasteiger partial charge in [0.25, 0.3) is 0 Å². The lowest BCUT2D eigenvalue weighted by atomic mass is 10.2. The number of carbonyl (C=O) groups excluding carboxylic acids is 1. The molecule has 0 atom stereocenters. The number of halogens is 2. The lowest BCUT2D eigenvalue weighted by molar-refractivity contribution is 0.112. The van der Waals surface area contributed by atoms with Crippen molar-refractivity contribution in [1.82, 2.24) is 0 Å². The molecule has 4 heteroatoms. The molecule has 0 aliphatic rings. The maximum atomic E-state index is 12.6. The third-order valence-electron chi connectivity index (χ3n) is 1.18. The SMILES string of the molecule is O=Cc1cc(Br)cc(F)c1O. The Hall–Kier alpha value is -0.900. The van der Waals surface area contributed by atoms with Gasteiger partial charge in [0.05, 0.1) is 5.56 Å². The lowest BCUT2D eigenvalue weighted by Crippen LogP contribution is -1.85. The summed E-state index contributed by atoms with van der Waals surface area (Å²) >= 11 is 2.98. The summed E-state index contributed by atoms with van der Waals surface area (Å²) < 4.78 is 13.0. The Morgan fingerprint density at radius 1 is 1.55 bits per heavy atom. The highest BCUT2D eigenvalue weighted by atomic mass is 79.9. The van der Waals surface area contributed by atoms with E-state index in [-0.39, 0.29) is 5.56 Å². The molecule has 2 nitrogen and oxygen atoms in total. The molecule has 0 saturated carbocycles. The minimum Gasteiger partial charge on any atom is -0.504 e. The number of carbonyl (C=O) groups is 1. The summed E-state index contributed by atoms with van der Waals surface area (Å²) in [5, 5.41) is 8.89. The molecule has 0 aromatic heterocycles. The third kappa shape index (κ3) is 1.57. The Bertz CT molecular complexity index is 299. The third-order valence-corrected chi connectivity index (χ3v) is 1.64. The van der Waals surface area contributed by atoms with Crippen LogP contribution in [0.15, 0.2) is 16.6 Å². The monoisotopic (exact) mass is 218 g/mol. The second-order valence-corrected chi connectivity index (χ2v) is 2.86. The van der Waals surface area contributed by atoms with Gasteiger partial charge in [-0.1, -0.05) is 15.9 Å². The Kier molecular flexibility index (Phi) is 2.24. The van der Waals surface area contributed by atoms with E-state index in [1.54, 1.807) is 0 Å². The number of aldehydes is 1. The summed E-state index contributed by atoms with van der Waals surface area (Å²) in [6.07, 6.45) is 0.392. The standard InChI is InChI=1S/C7H4BrFO2/c8-5-1-4(3-10)7(11)6(9)2-5/h1-3,11H. The normalized spacial score (nSPS) is 9.64. The molecule has 0 radical (unpaired) electrons. The number of hydrogen-bond donors (Lipinski definition) is 1. The van der Waals surface area contributed by atoms with Crippen molar-refractivity contribution in [3.63, 3.8) is 0 Å². The molecular formula is C7H4BrFO2. The minimum atomic E-state index is -0.804. The van der Waals surface area contributed by atoms with E-state index < -0.39 is 11.6 Å². The molecule has 0 bridgehead atoms. The molecule has 58 valence electrons. The molecular weight excluding hydrogens is 215 g/mol. The van der Waals surface area contributed by atoms with Crippen molar-refractivity contribution >= 4 is 22.2 Å². The van der Waals surface area contributed by atoms with Crippen LogP contribution in [0.1, 0.15) is 10.4 Å². The predicted octanol–water partition coefficient (Wildman–Crippen LogP) is 2.11. The lowest BCUT2D eigenvalue weighted by Gasteiger charge is -1.98. The summed E-state index contributed by atoms with van der Waals surface area (Å²) in [6.45, 7) is 0. The van der Waals surface area contributed by atoms with Gasteiger partial charge in [0.2, 0.25) is 0 Å². The number of benzene rings is 1. The number of phenolic OH excluding ortho intramolecular Hbond substituents is 1. The van der Waals surface area contributed by atoms with Crippen molar-refractivity contribution in [1.29, 1.82) is 0 Å². The molecule has 0 fully saturated rings. The summed E-state index contributed by atoms with van der Waals surface area (Å²) in [4.78, 5) is 10.2. The molecule has 0 aliphatic carbocycles. The first-order chi connectivity index (χ1) is 5.15. The van der Waals surface area contributed by atoms with Crippen LogP contribution in [-0.4, -0.2) is 11.4 Å². The smallest absolute Gasteiger partial charge is 0.166 e. The fourth-order valence-corrected chi connectivity index (χ4v) is 1.12. The first-order valence-electron chi connectivity index (χ1n) is 2.78. The van der Waals surface area contributed by atoms with Crippen LogP contribution in [0, 0.1) is 5.82 Å². The van der Waals surface area contributed by atoms with Crippen molar-refractivity contribution in [2.24, 2.45) is 0 Å². The van der Waals surface area contributed by atoms with Gasteiger partial charge in [0, 0.05) is 4.47 Å². The molecule has 11 heavy (non-hydrogen) atoms. The molecule has 0 saturated heterocycles. The molecule has 0 heterocycles. The van der Waals surface area contributed by atoms with Gasteiger partial charge < -0.3 is 5.11 Å². The van der Waals surface area contributed by atoms with E-state index in [4.69, 9.17) is 5.11 Å². The largest absolute Gasteiger partial charge is 0.504 e. The second kappa shape index (κ2) is 3.00. The molecule has 1 aromatic rings. The highest BCUT2D eigenvalue weighted by Gasteiger charge is 2.06. The molecule has 1 aromatic carbocycles. The van der Waals surface area contributed by atoms with Crippen LogP contribution >= 0.6 is 15.9 Å². The molecule has 0 spiro atoms. The zero-order chi connectivity index (χ0) is 8.43. The van der Waals surface area contributed by atoms with Gasteiger partial charge in [0.15, 0.2) is 17.9 Å². The van der Waals surface area contributed by atoms with Gasteiger partial charge in [-0.15, -0.1) is 0 Å². The van der Waals surface area contributed by atoms with Crippen LogP contribution in [0.4, 0.5) is 4.39 Å². The van der Waals surface area contributed by atoms with E-state index in [9.17, 15) is 9.18 Å². The second-order valence-electron chi connectivity index (χ2n) is 1.94. The van der Waals surface area contributed by atoms with Gasteiger partial charge in [-0.3, -0.25) is 4.79 Å². The van der Waals surface area contributed by atoms with Crippen molar-refractivity contribution < 1.29 is 14.3 Å². The minimum absolute atomic E-state index is 0.0584. The maximum absolute atomic E-state index is 12.6. The van der Waals surface area contributed by atoms with Crippen LogP contribution in [0.25, 0.3) is 0 Å². The van der Waals surface area contributed by atoms with Gasteiger partial charge >= 0.3 is 0 Å². The molecule has 0 aliphatic heterocycles. The first kappa shape index (κ1) is 8.20. The van der Waals surface area contributed by atoms with Crippen LogP contribution in [0.5, 0.6) is 5.75 Å². The summed E-state index contributed by atoms with van der Waals surface area (Å²) in [6, 6.07) is 2.42. The van der Waals surface area contributed by atoms with E-state index in [0.29, 0.717) is 10.8 Å². The highest BCUT2D eigenvalue weighted by Crippen LogP contribution is 2.24. The zero-order valence-corrected chi connectivity index (χ0v) is 6.93. The fourth-order valence-electron chi connectivity index (χ4n) is 0.676. The van der Waals surface area contributed by atoms with Gasteiger partial charge in [0.1, 0.15) is 0 Å². The fraction of sp³-hybridized carbons (Fsp3) is 0. The van der Waals surface area contributed by atoms with Crippen LogP contribution in [-0.2, 0) is 0 Å². The maximum Gasteiger partial charge on any atom is 0.166 e. The summed E-state index contributed by atoms with van der Waals surface area (Å²) in [5.41, 5.74) is -0.0584. The van der Waals surface area contributed by atoms with Gasteiger partial charge in [-0.25, -0.2) is 4.39 Å². The Morgan fingerprint density at radius 2 is 2.18 bits per heavy atom. The topological polar surface area (TPSA) is 37.3 Å². The Morgan fingerprint density at radius 3 is 2.73 bits per heavy atom. The summed E-state index contributed by atoms with van der Waals surface area (Å²) in [5.74, 6) is -1.41. The molecule has 0 unspecified atom stereocenters. The van der Waals surface area contributed by atoms with Crippen molar-refractivity contribution in [2.75, 3.05) is 0 Å². The van der Waals surface area contributed by atoms with Crippen molar-refractivity contribution in [2.45, 2.75) is 0 Å². The quantitative estimate of drug-likeness (QED) is 0.734. The number of hydrogen-bond acceptors (Lipinski definition) is 2. The predicted molar refractivity (Wildman–Crippen MR) is 41.2 cm³/mol. The summed E-state index contributed by atoms with van der Waals surface area (Å²) in [7, 11) is 0. The average Bonchev–Trinajstić information content (AvgIpc) is 1.96. The number of aromatic hydroxyl groups is 1. The number of phenols is 1. The number of rotatable bonds is 1. The van der Waals surface area contributed by atoms with Crippen LogP contribution in [0.2, 0.25) is 0 Å². The average molecular weight is 219 g/mol. The van der Waals surface area contributed by atoms with Crippen molar-refractivity contribution in [3.8, 4) is 5.75 Å². The van der Waals surface area contributed by atoms with E-state index >= 15 is 0 Å².